The lowest BCUT2D eigenvalue weighted by molar-refractivity contribution is 0.185. The van der Waals surface area contributed by atoms with E-state index in [0.717, 1.165) is 17.9 Å². The lowest BCUT2D eigenvalue weighted by Gasteiger charge is -2.29. The van der Waals surface area contributed by atoms with Gasteiger partial charge in [0.15, 0.2) is 0 Å². The summed E-state index contributed by atoms with van der Waals surface area (Å²) in [6, 6.07) is 0.842. The second-order valence-corrected chi connectivity index (χ2v) is 5.49. The molecule has 1 heterocycles. The highest BCUT2D eigenvalue weighted by atomic mass is 15.2. The van der Waals surface area contributed by atoms with Crippen molar-refractivity contribution in [2.75, 3.05) is 26.7 Å². The molecule has 2 rings (SSSR count). The summed E-state index contributed by atoms with van der Waals surface area (Å²) in [6.45, 7) is 6.33. The van der Waals surface area contributed by atoms with E-state index in [-0.39, 0.29) is 0 Å². The first-order chi connectivity index (χ1) is 7.31. The monoisotopic (exact) mass is 210 g/mol. The van der Waals surface area contributed by atoms with Crippen molar-refractivity contribution in [1.29, 1.82) is 0 Å². The molecular formula is C13H26N2. The Bertz CT molecular complexity index is 187. The first kappa shape index (κ1) is 11.4. The third kappa shape index (κ3) is 2.73. The quantitative estimate of drug-likeness (QED) is 0.764. The average Bonchev–Trinajstić information content (AvgIpc) is 2.87. The van der Waals surface area contributed by atoms with Gasteiger partial charge in [0.25, 0.3) is 0 Å². The molecule has 0 aromatic rings. The SMILES string of the molecule is CNCC1CCN(C(C)C2CCCC2)C1. The fourth-order valence-electron chi connectivity index (χ4n) is 3.43. The molecule has 1 saturated carbocycles. The third-order valence-electron chi connectivity index (χ3n) is 4.47. The van der Waals surface area contributed by atoms with Gasteiger partial charge in [0.2, 0.25) is 0 Å². The van der Waals surface area contributed by atoms with Crippen molar-refractivity contribution in [3.63, 3.8) is 0 Å². The second-order valence-electron chi connectivity index (χ2n) is 5.49. The molecule has 88 valence electrons. The van der Waals surface area contributed by atoms with Crippen molar-refractivity contribution < 1.29 is 0 Å². The largest absolute Gasteiger partial charge is 0.319 e. The van der Waals surface area contributed by atoms with Gasteiger partial charge in [-0.05, 0) is 58.2 Å². The van der Waals surface area contributed by atoms with E-state index in [1.54, 1.807) is 0 Å². The van der Waals surface area contributed by atoms with E-state index in [1.165, 1.54) is 51.7 Å². The number of nitrogens with zero attached hydrogens (tertiary/aromatic N) is 1. The summed E-state index contributed by atoms with van der Waals surface area (Å²) in [5.41, 5.74) is 0. The van der Waals surface area contributed by atoms with Gasteiger partial charge in [-0.1, -0.05) is 12.8 Å². The van der Waals surface area contributed by atoms with Crippen molar-refractivity contribution >= 4 is 0 Å². The second kappa shape index (κ2) is 5.31. The molecule has 2 atom stereocenters. The average molecular weight is 210 g/mol. The van der Waals surface area contributed by atoms with Crippen LogP contribution in [-0.2, 0) is 0 Å². The molecule has 0 bridgehead atoms. The third-order valence-corrected chi connectivity index (χ3v) is 4.47. The van der Waals surface area contributed by atoms with Crippen molar-refractivity contribution in [2.45, 2.75) is 45.1 Å². The van der Waals surface area contributed by atoms with E-state index in [0.29, 0.717) is 0 Å². The Morgan fingerprint density at radius 3 is 2.67 bits per heavy atom. The van der Waals surface area contributed by atoms with Gasteiger partial charge in [0.05, 0.1) is 0 Å². The maximum absolute atomic E-state index is 3.31. The van der Waals surface area contributed by atoms with Crippen LogP contribution >= 0.6 is 0 Å². The summed E-state index contributed by atoms with van der Waals surface area (Å²) in [5.74, 6) is 1.90. The van der Waals surface area contributed by atoms with E-state index in [4.69, 9.17) is 0 Å². The highest BCUT2D eigenvalue weighted by Crippen LogP contribution is 2.32. The van der Waals surface area contributed by atoms with E-state index in [1.807, 2.05) is 0 Å². The summed E-state index contributed by atoms with van der Waals surface area (Å²) in [4.78, 5) is 2.73. The fraction of sp³-hybridized carbons (Fsp3) is 1.00. The van der Waals surface area contributed by atoms with Gasteiger partial charge in [0.1, 0.15) is 0 Å². The van der Waals surface area contributed by atoms with Crippen LogP contribution in [-0.4, -0.2) is 37.6 Å². The topological polar surface area (TPSA) is 15.3 Å². The maximum atomic E-state index is 3.31. The Balaban J connectivity index is 1.79. The van der Waals surface area contributed by atoms with Crippen LogP contribution in [0.1, 0.15) is 39.0 Å². The Morgan fingerprint density at radius 1 is 1.27 bits per heavy atom. The van der Waals surface area contributed by atoms with Gasteiger partial charge >= 0.3 is 0 Å². The fourth-order valence-corrected chi connectivity index (χ4v) is 3.43. The van der Waals surface area contributed by atoms with Crippen molar-refractivity contribution in [3.05, 3.63) is 0 Å². The predicted octanol–water partition coefficient (Wildman–Crippen LogP) is 2.11. The van der Waals surface area contributed by atoms with Gasteiger partial charge in [-0.25, -0.2) is 0 Å². The normalized spacial score (nSPS) is 31.2. The molecule has 2 nitrogen and oxygen atoms in total. The van der Waals surface area contributed by atoms with Gasteiger partial charge in [0, 0.05) is 12.6 Å². The molecule has 0 aromatic carbocycles. The van der Waals surface area contributed by atoms with Crippen LogP contribution in [0.25, 0.3) is 0 Å². The zero-order valence-corrected chi connectivity index (χ0v) is 10.3. The molecule has 0 aromatic heterocycles. The standard InChI is InChI=1S/C13H26N2/c1-11(13-5-3-4-6-13)15-8-7-12(10-15)9-14-2/h11-14H,3-10H2,1-2H3. The van der Waals surface area contributed by atoms with Crippen molar-refractivity contribution in [2.24, 2.45) is 11.8 Å². The number of hydrogen-bond donors (Lipinski definition) is 1. The first-order valence-electron chi connectivity index (χ1n) is 6.70. The minimum absolute atomic E-state index is 0.842. The zero-order chi connectivity index (χ0) is 10.7. The lowest BCUT2D eigenvalue weighted by atomic mass is 9.98. The van der Waals surface area contributed by atoms with E-state index in [2.05, 4.69) is 24.2 Å². The molecule has 2 fully saturated rings. The Morgan fingerprint density at radius 2 is 2.00 bits per heavy atom. The van der Waals surface area contributed by atoms with E-state index >= 15 is 0 Å². The molecule has 0 amide bonds. The van der Waals surface area contributed by atoms with Crippen LogP contribution < -0.4 is 5.32 Å². The molecule has 1 saturated heterocycles. The number of likely N-dealkylation sites (tertiary alicyclic amines) is 1. The van der Waals surface area contributed by atoms with E-state index in [9.17, 15) is 0 Å². The molecule has 0 spiro atoms. The minimum atomic E-state index is 0.842. The maximum Gasteiger partial charge on any atom is 0.00953 e. The highest BCUT2D eigenvalue weighted by molar-refractivity contribution is 4.85. The van der Waals surface area contributed by atoms with Crippen LogP contribution in [0.4, 0.5) is 0 Å². The summed E-state index contributed by atoms with van der Waals surface area (Å²) in [7, 11) is 2.07. The van der Waals surface area contributed by atoms with Gasteiger partial charge in [-0.3, -0.25) is 0 Å². The molecule has 15 heavy (non-hydrogen) atoms. The van der Waals surface area contributed by atoms with Crippen molar-refractivity contribution in [3.8, 4) is 0 Å². The Kier molecular flexibility index (Phi) is 4.04. The molecule has 1 aliphatic heterocycles. The molecule has 1 aliphatic carbocycles. The summed E-state index contributed by atoms with van der Waals surface area (Å²) < 4.78 is 0. The molecule has 2 unspecified atom stereocenters. The Labute approximate surface area is 94.4 Å². The number of hydrogen-bond acceptors (Lipinski definition) is 2. The van der Waals surface area contributed by atoms with Crippen LogP contribution in [0.5, 0.6) is 0 Å². The van der Waals surface area contributed by atoms with Gasteiger partial charge in [-0.2, -0.15) is 0 Å². The molecule has 0 radical (unpaired) electrons. The zero-order valence-electron chi connectivity index (χ0n) is 10.3. The summed E-state index contributed by atoms with van der Waals surface area (Å²) in [6.07, 6.45) is 7.31. The first-order valence-corrected chi connectivity index (χ1v) is 6.70. The van der Waals surface area contributed by atoms with Crippen LogP contribution in [0.15, 0.2) is 0 Å². The lowest BCUT2D eigenvalue weighted by Crippen LogP contribution is -2.36. The van der Waals surface area contributed by atoms with Gasteiger partial charge < -0.3 is 10.2 Å². The number of nitrogens with one attached hydrogen (secondary N) is 1. The molecule has 1 N–H and O–H groups in total. The molecule has 2 heteroatoms. The summed E-state index contributed by atoms with van der Waals surface area (Å²) >= 11 is 0. The van der Waals surface area contributed by atoms with Crippen LogP contribution in [0.2, 0.25) is 0 Å². The predicted molar refractivity (Wildman–Crippen MR) is 65.0 cm³/mol. The molecule has 2 aliphatic rings. The van der Waals surface area contributed by atoms with Gasteiger partial charge in [-0.15, -0.1) is 0 Å². The van der Waals surface area contributed by atoms with Crippen molar-refractivity contribution in [1.82, 2.24) is 10.2 Å². The number of rotatable bonds is 4. The summed E-state index contributed by atoms with van der Waals surface area (Å²) in [5, 5.41) is 3.31. The Hall–Kier alpha value is -0.0800. The smallest absolute Gasteiger partial charge is 0.00953 e. The minimum Gasteiger partial charge on any atom is -0.319 e. The highest BCUT2D eigenvalue weighted by Gasteiger charge is 2.31. The van der Waals surface area contributed by atoms with E-state index < -0.39 is 0 Å². The van der Waals surface area contributed by atoms with Crippen LogP contribution in [0, 0.1) is 11.8 Å². The van der Waals surface area contributed by atoms with Crippen LogP contribution in [0.3, 0.4) is 0 Å². The molecular weight excluding hydrogens is 184 g/mol.